The van der Waals surface area contributed by atoms with Crippen LogP contribution in [0, 0.1) is 0 Å². The quantitative estimate of drug-likeness (QED) is 0.849. The van der Waals surface area contributed by atoms with Crippen LogP contribution in [-0.4, -0.2) is 54.2 Å². The number of ether oxygens (including phenoxy) is 1. The van der Waals surface area contributed by atoms with Crippen LogP contribution in [-0.2, 0) is 4.74 Å². The standard InChI is InChI=1S/C15H22N4O3/c1-11(2)22-14(20)12-5-3-6-17-13(12)18-7-4-8-19(10-9-18)15(16)21/h3,5-6,11H,4,7-10H2,1-2H3,(H2,16,21). The monoisotopic (exact) mass is 306 g/mol. The number of hydrogen-bond donors (Lipinski definition) is 1. The first-order valence-electron chi connectivity index (χ1n) is 7.44. The first-order chi connectivity index (χ1) is 10.5. The Labute approximate surface area is 130 Å². The zero-order chi connectivity index (χ0) is 16.1. The Morgan fingerprint density at radius 2 is 2.05 bits per heavy atom. The van der Waals surface area contributed by atoms with Crippen molar-refractivity contribution in [1.29, 1.82) is 0 Å². The van der Waals surface area contributed by atoms with Crippen molar-refractivity contribution in [3.8, 4) is 0 Å². The Morgan fingerprint density at radius 3 is 2.73 bits per heavy atom. The van der Waals surface area contributed by atoms with Crippen LogP contribution in [0.2, 0.25) is 0 Å². The number of pyridine rings is 1. The summed E-state index contributed by atoms with van der Waals surface area (Å²) in [7, 11) is 0. The van der Waals surface area contributed by atoms with Gasteiger partial charge in [0.1, 0.15) is 11.4 Å². The fourth-order valence-electron chi connectivity index (χ4n) is 2.44. The van der Waals surface area contributed by atoms with Crippen LogP contribution < -0.4 is 10.6 Å². The van der Waals surface area contributed by atoms with Gasteiger partial charge in [-0.1, -0.05) is 0 Å². The Hall–Kier alpha value is -2.31. The van der Waals surface area contributed by atoms with Gasteiger partial charge in [-0.05, 0) is 32.4 Å². The van der Waals surface area contributed by atoms with Crippen molar-refractivity contribution >= 4 is 17.8 Å². The summed E-state index contributed by atoms with van der Waals surface area (Å²) >= 11 is 0. The molecule has 0 saturated carbocycles. The third-order valence-electron chi connectivity index (χ3n) is 3.46. The molecular weight excluding hydrogens is 284 g/mol. The van der Waals surface area contributed by atoms with Gasteiger partial charge < -0.3 is 20.3 Å². The fraction of sp³-hybridized carbons (Fsp3) is 0.533. The molecule has 0 bridgehead atoms. The zero-order valence-electron chi connectivity index (χ0n) is 13.0. The Balaban J connectivity index is 2.18. The highest BCUT2D eigenvalue weighted by molar-refractivity contribution is 5.94. The number of aromatic nitrogens is 1. The highest BCUT2D eigenvalue weighted by Gasteiger charge is 2.23. The van der Waals surface area contributed by atoms with Gasteiger partial charge in [0.25, 0.3) is 0 Å². The van der Waals surface area contributed by atoms with Gasteiger partial charge in [-0.15, -0.1) is 0 Å². The van der Waals surface area contributed by atoms with Crippen LogP contribution in [0.15, 0.2) is 18.3 Å². The largest absolute Gasteiger partial charge is 0.459 e. The van der Waals surface area contributed by atoms with Gasteiger partial charge in [0.05, 0.1) is 6.10 Å². The number of urea groups is 1. The third kappa shape index (κ3) is 3.87. The van der Waals surface area contributed by atoms with E-state index in [1.807, 2.05) is 18.7 Å². The molecule has 0 radical (unpaired) electrons. The summed E-state index contributed by atoms with van der Waals surface area (Å²) in [5, 5.41) is 0. The van der Waals surface area contributed by atoms with E-state index in [1.165, 1.54) is 0 Å². The molecule has 120 valence electrons. The molecule has 22 heavy (non-hydrogen) atoms. The molecule has 2 rings (SSSR count). The lowest BCUT2D eigenvalue weighted by molar-refractivity contribution is 0.0378. The lowest BCUT2D eigenvalue weighted by atomic mass is 10.2. The molecule has 1 aliphatic heterocycles. The van der Waals surface area contributed by atoms with Crippen LogP contribution in [0.1, 0.15) is 30.6 Å². The number of carbonyl (C=O) groups is 2. The highest BCUT2D eigenvalue weighted by atomic mass is 16.5. The average molecular weight is 306 g/mol. The molecule has 7 heteroatoms. The number of carbonyl (C=O) groups excluding carboxylic acids is 2. The van der Waals surface area contributed by atoms with Crippen molar-refractivity contribution in [1.82, 2.24) is 9.88 Å². The Morgan fingerprint density at radius 1 is 1.27 bits per heavy atom. The van der Waals surface area contributed by atoms with Crippen molar-refractivity contribution in [3.63, 3.8) is 0 Å². The maximum Gasteiger partial charge on any atom is 0.342 e. The number of nitrogens with zero attached hydrogens (tertiary/aromatic N) is 3. The molecule has 1 aromatic rings. The van der Waals surface area contributed by atoms with Gasteiger partial charge in [0.2, 0.25) is 0 Å². The predicted octanol–water partition coefficient (Wildman–Crippen LogP) is 1.24. The number of anilines is 1. The molecule has 0 aromatic carbocycles. The molecule has 0 atom stereocenters. The van der Waals surface area contributed by atoms with E-state index in [-0.39, 0.29) is 12.1 Å². The molecule has 0 unspecified atom stereocenters. The van der Waals surface area contributed by atoms with E-state index < -0.39 is 6.03 Å². The van der Waals surface area contributed by atoms with E-state index in [0.29, 0.717) is 37.6 Å². The van der Waals surface area contributed by atoms with Crippen LogP contribution in [0.3, 0.4) is 0 Å². The first-order valence-corrected chi connectivity index (χ1v) is 7.44. The maximum absolute atomic E-state index is 12.2. The summed E-state index contributed by atoms with van der Waals surface area (Å²) in [5.41, 5.74) is 5.78. The van der Waals surface area contributed by atoms with E-state index >= 15 is 0 Å². The minimum Gasteiger partial charge on any atom is -0.459 e. The van der Waals surface area contributed by atoms with E-state index in [2.05, 4.69) is 4.98 Å². The number of nitrogens with two attached hydrogens (primary N) is 1. The van der Waals surface area contributed by atoms with Crippen molar-refractivity contribution in [2.45, 2.75) is 26.4 Å². The average Bonchev–Trinajstić information content (AvgIpc) is 2.72. The van der Waals surface area contributed by atoms with Gasteiger partial charge in [-0.3, -0.25) is 0 Å². The molecule has 0 spiro atoms. The second-order valence-corrected chi connectivity index (χ2v) is 5.49. The summed E-state index contributed by atoms with van der Waals surface area (Å²) in [6.07, 6.45) is 2.24. The molecule has 1 saturated heterocycles. The summed E-state index contributed by atoms with van der Waals surface area (Å²) in [6, 6.07) is 3.01. The van der Waals surface area contributed by atoms with Crippen molar-refractivity contribution in [3.05, 3.63) is 23.9 Å². The number of primary amides is 1. The molecule has 2 heterocycles. The summed E-state index contributed by atoms with van der Waals surface area (Å²) in [4.78, 5) is 31.4. The van der Waals surface area contributed by atoms with Crippen LogP contribution in [0.4, 0.5) is 10.6 Å². The minimum absolute atomic E-state index is 0.185. The molecule has 2 amide bonds. The number of amides is 2. The lowest BCUT2D eigenvalue weighted by Gasteiger charge is -2.24. The Bertz CT molecular complexity index is 547. The fourth-order valence-corrected chi connectivity index (χ4v) is 2.44. The predicted molar refractivity (Wildman–Crippen MR) is 82.8 cm³/mol. The van der Waals surface area contributed by atoms with Crippen molar-refractivity contribution in [2.75, 3.05) is 31.1 Å². The second kappa shape index (κ2) is 7.11. The van der Waals surface area contributed by atoms with Crippen LogP contribution in [0.5, 0.6) is 0 Å². The lowest BCUT2D eigenvalue weighted by Crippen LogP contribution is -2.39. The van der Waals surface area contributed by atoms with E-state index in [9.17, 15) is 9.59 Å². The van der Waals surface area contributed by atoms with Gasteiger partial charge >= 0.3 is 12.0 Å². The number of hydrogen-bond acceptors (Lipinski definition) is 5. The maximum atomic E-state index is 12.2. The van der Waals surface area contributed by atoms with Gasteiger partial charge in [0, 0.05) is 32.4 Å². The summed E-state index contributed by atoms with van der Waals surface area (Å²) in [6.45, 7) is 6.05. The smallest absolute Gasteiger partial charge is 0.342 e. The summed E-state index contributed by atoms with van der Waals surface area (Å²) in [5.74, 6) is 0.216. The zero-order valence-corrected chi connectivity index (χ0v) is 13.0. The molecule has 1 fully saturated rings. The highest BCUT2D eigenvalue weighted by Crippen LogP contribution is 2.20. The molecule has 1 aliphatic rings. The first kappa shape index (κ1) is 16.1. The van der Waals surface area contributed by atoms with E-state index in [0.717, 1.165) is 6.42 Å². The Kier molecular flexibility index (Phi) is 5.19. The summed E-state index contributed by atoms with van der Waals surface area (Å²) < 4.78 is 5.27. The molecule has 0 aliphatic carbocycles. The van der Waals surface area contributed by atoms with Crippen molar-refractivity contribution < 1.29 is 14.3 Å². The van der Waals surface area contributed by atoms with E-state index in [4.69, 9.17) is 10.5 Å². The SMILES string of the molecule is CC(C)OC(=O)c1cccnc1N1CCCN(C(N)=O)CC1. The van der Waals surface area contributed by atoms with Crippen LogP contribution in [0.25, 0.3) is 0 Å². The number of rotatable bonds is 3. The van der Waals surface area contributed by atoms with E-state index in [1.54, 1.807) is 23.2 Å². The molecular formula is C15H22N4O3. The normalized spacial score (nSPS) is 15.6. The van der Waals surface area contributed by atoms with Gasteiger partial charge in [-0.25, -0.2) is 14.6 Å². The van der Waals surface area contributed by atoms with Crippen molar-refractivity contribution in [2.24, 2.45) is 5.73 Å². The van der Waals surface area contributed by atoms with Gasteiger partial charge in [0.15, 0.2) is 0 Å². The molecule has 2 N–H and O–H groups in total. The topological polar surface area (TPSA) is 88.8 Å². The third-order valence-corrected chi connectivity index (χ3v) is 3.46. The van der Waals surface area contributed by atoms with Crippen LogP contribution >= 0.6 is 0 Å². The minimum atomic E-state index is -0.415. The molecule has 7 nitrogen and oxygen atoms in total. The second-order valence-electron chi connectivity index (χ2n) is 5.49. The van der Waals surface area contributed by atoms with Gasteiger partial charge in [-0.2, -0.15) is 0 Å². The number of esters is 1. The molecule has 1 aromatic heterocycles.